The van der Waals surface area contributed by atoms with E-state index in [1.165, 1.54) is 36.2 Å². The zero-order chi connectivity index (χ0) is 16.0. The average molecular weight is 310 g/mol. The quantitative estimate of drug-likeness (QED) is 0.839. The summed E-state index contributed by atoms with van der Waals surface area (Å²) in [5, 5.41) is 0. The molecule has 1 aromatic heterocycles. The van der Waals surface area contributed by atoms with Crippen LogP contribution in [0.5, 0.6) is 5.75 Å². The van der Waals surface area contributed by atoms with Crippen LogP contribution in [-0.4, -0.2) is 29.2 Å². The molecule has 1 aromatic carbocycles. The lowest BCUT2D eigenvalue weighted by molar-refractivity contribution is 0.175. The van der Waals surface area contributed by atoms with Gasteiger partial charge in [0.25, 0.3) is 0 Å². The molecule has 2 aliphatic rings. The van der Waals surface area contributed by atoms with Crippen LogP contribution in [0.3, 0.4) is 0 Å². The van der Waals surface area contributed by atoms with Gasteiger partial charge in [-0.25, -0.2) is 0 Å². The van der Waals surface area contributed by atoms with Gasteiger partial charge in [0.15, 0.2) is 0 Å². The first-order valence-electron chi connectivity index (χ1n) is 8.78. The first kappa shape index (κ1) is 14.8. The molecule has 4 rings (SSSR count). The molecule has 23 heavy (non-hydrogen) atoms. The number of ether oxygens (including phenoxy) is 1. The van der Waals surface area contributed by atoms with Crippen molar-refractivity contribution in [1.82, 2.24) is 9.47 Å². The van der Waals surface area contributed by atoms with Gasteiger partial charge in [-0.3, -0.25) is 4.90 Å². The lowest BCUT2D eigenvalue weighted by Gasteiger charge is -2.32. The minimum Gasteiger partial charge on any atom is -0.497 e. The molecule has 3 nitrogen and oxygen atoms in total. The van der Waals surface area contributed by atoms with Crippen LogP contribution in [0, 0.1) is 0 Å². The van der Waals surface area contributed by atoms with Crippen LogP contribution in [0.2, 0.25) is 0 Å². The Morgan fingerprint density at radius 3 is 2.43 bits per heavy atom. The highest BCUT2D eigenvalue weighted by Gasteiger charge is 2.33. The van der Waals surface area contributed by atoms with Crippen LogP contribution >= 0.6 is 0 Å². The topological polar surface area (TPSA) is 17.4 Å². The van der Waals surface area contributed by atoms with Crippen molar-refractivity contribution in [3.63, 3.8) is 0 Å². The lowest BCUT2D eigenvalue weighted by atomic mass is 10.0. The first-order chi connectivity index (χ1) is 11.2. The highest BCUT2D eigenvalue weighted by atomic mass is 16.5. The van der Waals surface area contributed by atoms with Gasteiger partial charge in [0.05, 0.1) is 7.11 Å². The fourth-order valence-electron chi connectivity index (χ4n) is 3.77. The van der Waals surface area contributed by atoms with E-state index < -0.39 is 0 Å². The molecule has 0 N–H and O–H groups in total. The molecular formula is C20H26N2O. The third-order valence-corrected chi connectivity index (χ3v) is 5.30. The van der Waals surface area contributed by atoms with Gasteiger partial charge in [0, 0.05) is 42.6 Å². The Kier molecular flexibility index (Phi) is 3.68. The molecule has 0 amide bonds. The van der Waals surface area contributed by atoms with Crippen molar-refractivity contribution in [2.24, 2.45) is 0 Å². The smallest absolute Gasteiger partial charge is 0.118 e. The molecule has 2 heterocycles. The van der Waals surface area contributed by atoms with Gasteiger partial charge in [0.1, 0.15) is 5.75 Å². The van der Waals surface area contributed by atoms with Crippen LogP contribution in [0.15, 0.2) is 30.3 Å². The normalized spacial score (nSPS) is 18.3. The second kappa shape index (κ2) is 5.72. The SMILES string of the molecule is COc1ccc(-c2cc3n(c2C2CC2)CCN(C(C)C)C3)cc1. The molecule has 0 spiro atoms. The van der Waals surface area contributed by atoms with Crippen molar-refractivity contribution < 1.29 is 4.74 Å². The van der Waals surface area contributed by atoms with E-state index in [2.05, 4.69) is 53.6 Å². The maximum absolute atomic E-state index is 5.30. The van der Waals surface area contributed by atoms with E-state index in [1.807, 2.05) is 0 Å². The van der Waals surface area contributed by atoms with E-state index in [4.69, 9.17) is 4.74 Å². The summed E-state index contributed by atoms with van der Waals surface area (Å²) in [6.07, 6.45) is 2.70. The molecule has 1 fully saturated rings. The summed E-state index contributed by atoms with van der Waals surface area (Å²) in [4.78, 5) is 2.57. The van der Waals surface area contributed by atoms with E-state index in [9.17, 15) is 0 Å². The fourth-order valence-corrected chi connectivity index (χ4v) is 3.77. The summed E-state index contributed by atoms with van der Waals surface area (Å²) in [6, 6.07) is 11.6. The van der Waals surface area contributed by atoms with E-state index in [1.54, 1.807) is 12.8 Å². The Morgan fingerprint density at radius 2 is 1.83 bits per heavy atom. The molecule has 0 bridgehead atoms. The van der Waals surface area contributed by atoms with Gasteiger partial charge in [-0.1, -0.05) is 12.1 Å². The molecule has 0 unspecified atom stereocenters. The lowest BCUT2D eigenvalue weighted by Crippen LogP contribution is -2.38. The number of rotatable bonds is 4. The third-order valence-electron chi connectivity index (χ3n) is 5.30. The maximum atomic E-state index is 5.30. The molecule has 1 saturated carbocycles. The van der Waals surface area contributed by atoms with Crippen molar-refractivity contribution in [3.05, 3.63) is 41.7 Å². The molecule has 2 aromatic rings. The number of benzene rings is 1. The zero-order valence-electron chi connectivity index (χ0n) is 14.4. The summed E-state index contributed by atoms with van der Waals surface area (Å²) in [6.45, 7) is 7.97. The summed E-state index contributed by atoms with van der Waals surface area (Å²) >= 11 is 0. The average Bonchev–Trinajstić information content (AvgIpc) is 3.34. The second-order valence-corrected chi connectivity index (χ2v) is 7.15. The Labute approximate surface area is 138 Å². The van der Waals surface area contributed by atoms with Gasteiger partial charge in [-0.2, -0.15) is 0 Å². The van der Waals surface area contributed by atoms with Crippen LogP contribution in [0.1, 0.15) is 44.0 Å². The Morgan fingerprint density at radius 1 is 1.09 bits per heavy atom. The number of hydrogen-bond acceptors (Lipinski definition) is 2. The van der Waals surface area contributed by atoms with Crippen LogP contribution in [-0.2, 0) is 13.1 Å². The third kappa shape index (κ3) is 2.67. The summed E-state index contributed by atoms with van der Waals surface area (Å²) in [5.41, 5.74) is 5.83. The van der Waals surface area contributed by atoms with E-state index >= 15 is 0 Å². The number of hydrogen-bond donors (Lipinski definition) is 0. The predicted octanol–water partition coefficient (Wildman–Crippen LogP) is 4.27. The number of aromatic nitrogens is 1. The predicted molar refractivity (Wildman–Crippen MR) is 93.9 cm³/mol. The van der Waals surface area contributed by atoms with Gasteiger partial charge in [-0.05, 0) is 56.4 Å². The largest absolute Gasteiger partial charge is 0.497 e. The van der Waals surface area contributed by atoms with Crippen LogP contribution in [0.4, 0.5) is 0 Å². The molecule has 0 radical (unpaired) electrons. The fraction of sp³-hybridized carbons (Fsp3) is 0.500. The van der Waals surface area contributed by atoms with Crippen LogP contribution in [0.25, 0.3) is 11.1 Å². The van der Waals surface area contributed by atoms with Gasteiger partial charge < -0.3 is 9.30 Å². The minimum atomic E-state index is 0.618. The monoisotopic (exact) mass is 310 g/mol. The van der Waals surface area contributed by atoms with Crippen molar-refractivity contribution in [1.29, 1.82) is 0 Å². The zero-order valence-corrected chi connectivity index (χ0v) is 14.4. The Balaban J connectivity index is 1.74. The molecular weight excluding hydrogens is 284 g/mol. The van der Waals surface area contributed by atoms with E-state index in [0.29, 0.717) is 6.04 Å². The number of nitrogens with zero attached hydrogens (tertiary/aromatic N) is 2. The molecule has 3 heteroatoms. The summed E-state index contributed by atoms with van der Waals surface area (Å²) in [5.74, 6) is 1.70. The van der Waals surface area contributed by atoms with Crippen molar-refractivity contribution in [2.75, 3.05) is 13.7 Å². The minimum absolute atomic E-state index is 0.618. The Bertz CT molecular complexity index is 695. The molecule has 0 atom stereocenters. The van der Waals surface area contributed by atoms with Gasteiger partial charge in [0.2, 0.25) is 0 Å². The van der Waals surface area contributed by atoms with E-state index in [0.717, 1.165) is 24.8 Å². The highest BCUT2D eigenvalue weighted by Crippen LogP contribution is 2.46. The standard InChI is InChI=1S/C20H26N2O/c1-14(2)21-10-11-22-17(13-21)12-19(20(22)16-4-5-16)15-6-8-18(23-3)9-7-15/h6-9,12,14,16H,4-5,10-11,13H2,1-3H3. The molecule has 1 aliphatic carbocycles. The van der Waals surface area contributed by atoms with Gasteiger partial charge >= 0.3 is 0 Å². The van der Waals surface area contributed by atoms with Crippen molar-refractivity contribution in [3.8, 4) is 16.9 Å². The highest BCUT2D eigenvalue weighted by molar-refractivity contribution is 5.69. The molecule has 1 aliphatic heterocycles. The summed E-state index contributed by atoms with van der Waals surface area (Å²) in [7, 11) is 1.72. The van der Waals surface area contributed by atoms with Crippen LogP contribution < -0.4 is 4.74 Å². The van der Waals surface area contributed by atoms with E-state index in [-0.39, 0.29) is 0 Å². The number of methoxy groups -OCH3 is 1. The van der Waals surface area contributed by atoms with Crippen molar-refractivity contribution in [2.45, 2.75) is 51.7 Å². The second-order valence-electron chi connectivity index (χ2n) is 7.15. The maximum Gasteiger partial charge on any atom is 0.118 e. The first-order valence-corrected chi connectivity index (χ1v) is 8.78. The van der Waals surface area contributed by atoms with Crippen molar-refractivity contribution >= 4 is 0 Å². The summed E-state index contributed by atoms with van der Waals surface area (Å²) < 4.78 is 7.91. The van der Waals surface area contributed by atoms with Gasteiger partial charge in [-0.15, -0.1) is 0 Å². The molecule has 122 valence electrons. The number of fused-ring (bicyclic) bond motifs is 1. The molecule has 0 saturated heterocycles. The Hall–Kier alpha value is -1.74.